The van der Waals surface area contributed by atoms with Crippen molar-refractivity contribution in [2.75, 3.05) is 5.75 Å². The summed E-state index contributed by atoms with van der Waals surface area (Å²) in [6, 6.07) is 11.3. The first-order valence-corrected chi connectivity index (χ1v) is 7.63. The number of hydrogen-bond acceptors (Lipinski definition) is 2. The van der Waals surface area contributed by atoms with Crippen LogP contribution in [0.4, 0.5) is 4.39 Å². The van der Waals surface area contributed by atoms with Gasteiger partial charge in [0.1, 0.15) is 11.6 Å². The fourth-order valence-corrected chi connectivity index (χ4v) is 2.77. The number of ketones is 1. The molecule has 0 heterocycles. The standard InChI is InChI=1S/C15H11Cl2FOS/c16-14-5-4-10(7-15(14)17)6-12(19)9-20-13-3-1-2-11(18)8-13/h1-5,7-8H,6,9H2. The van der Waals surface area contributed by atoms with Gasteiger partial charge in [0.05, 0.1) is 15.8 Å². The second-order valence-electron chi connectivity index (χ2n) is 4.21. The van der Waals surface area contributed by atoms with E-state index in [1.165, 1.54) is 23.9 Å². The molecular weight excluding hydrogens is 318 g/mol. The quantitative estimate of drug-likeness (QED) is 0.715. The van der Waals surface area contributed by atoms with Crippen LogP contribution in [0.3, 0.4) is 0 Å². The van der Waals surface area contributed by atoms with E-state index in [0.717, 1.165) is 10.5 Å². The normalized spacial score (nSPS) is 10.6. The van der Waals surface area contributed by atoms with Crippen LogP contribution in [-0.2, 0) is 11.2 Å². The highest BCUT2D eigenvalue weighted by atomic mass is 35.5. The minimum absolute atomic E-state index is 0.0534. The third-order valence-corrected chi connectivity index (χ3v) is 4.37. The molecule has 0 radical (unpaired) electrons. The van der Waals surface area contributed by atoms with E-state index in [1.807, 2.05) is 0 Å². The molecule has 0 aliphatic carbocycles. The molecule has 104 valence electrons. The lowest BCUT2D eigenvalue weighted by Crippen LogP contribution is -2.05. The van der Waals surface area contributed by atoms with Crippen molar-refractivity contribution >= 4 is 40.7 Å². The molecule has 0 bridgehead atoms. The predicted molar refractivity (Wildman–Crippen MR) is 82.3 cm³/mol. The zero-order valence-corrected chi connectivity index (χ0v) is 12.7. The van der Waals surface area contributed by atoms with Crippen LogP contribution in [0.1, 0.15) is 5.56 Å². The molecule has 2 aromatic carbocycles. The minimum Gasteiger partial charge on any atom is -0.298 e. The third kappa shape index (κ3) is 4.51. The van der Waals surface area contributed by atoms with Crippen LogP contribution >= 0.6 is 35.0 Å². The molecule has 0 atom stereocenters. The average Bonchev–Trinajstić information content (AvgIpc) is 2.41. The highest BCUT2D eigenvalue weighted by molar-refractivity contribution is 8.00. The molecule has 0 aromatic heterocycles. The van der Waals surface area contributed by atoms with E-state index >= 15 is 0 Å². The maximum Gasteiger partial charge on any atom is 0.147 e. The van der Waals surface area contributed by atoms with Crippen LogP contribution in [0.5, 0.6) is 0 Å². The summed E-state index contributed by atoms with van der Waals surface area (Å²) in [5, 5.41) is 0.909. The number of rotatable bonds is 5. The van der Waals surface area contributed by atoms with Crippen LogP contribution in [0, 0.1) is 5.82 Å². The Kier molecular flexibility index (Phi) is 5.46. The second-order valence-corrected chi connectivity index (χ2v) is 6.07. The highest BCUT2D eigenvalue weighted by Crippen LogP contribution is 2.24. The monoisotopic (exact) mass is 328 g/mol. The Balaban J connectivity index is 1.91. The van der Waals surface area contributed by atoms with Gasteiger partial charge in [-0.3, -0.25) is 4.79 Å². The number of carbonyl (C=O) groups is 1. The maximum absolute atomic E-state index is 13.0. The maximum atomic E-state index is 13.0. The van der Waals surface area contributed by atoms with Gasteiger partial charge in [0.15, 0.2) is 0 Å². The Hall–Kier alpha value is -1.03. The molecular formula is C15H11Cl2FOS. The van der Waals surface area contributed by atoms with Crippen molar-refractivity contribution in [3.05, 3.63) is 63.9 Å². The molecule has 20 heavy (non-hydrogen) atoms. The van der Waals surface area contributed by atoms with Gasteiger partial charge < -0.3 is 0 Å². The van der Waals surface area contributed by atoms with Crippen molar-refractivity contribution in [2.24, 2.45) is 0 Å². The van der Waals surface area contributed by atoms with E-state index in [4.69, 9.17) is 23.2 Å². The largest absolute Gasteiger partial charge is 0.298 e. The van der Waals surface area contributed by atoms with Gasteiger partial charge in [-0.2, -0.15) is 0 Å². The molecule has 0 saturated carbocycles. The molecule has 1 nitrogen and oxygen atoms in total. The van der Waals surface area contributed by atoms with Crippen molar-refractivity contribution < 1.29 is 9.18 Å². The minimum atomic E-state index is -0.299. The second kappa shape index (κ2) is 7.11. The Morgan fingerprint density at radius 1 is 1.10 bits per heavy atom. The Morgan fingerprint density at radius 2 is 1.90 bits per heavy atom. The van der Waals surface area contributed by atoms with Crippen LogP contribution < -0.4 is 0 Å². The van der Waals surface area contributed by atoms with E-state index in [2.05, 4.69) is 0 Å². The lowest BCUT2D eigenvalue weighted by atomic mass is 10.1. The molecule has 0 aliphatic heterocycles. The van der Waals surface area contributed by atoms with Gasteiger partial charge in [-0.1, -0.05) is 35.3 Å². The molecule has 0 fully saturated rings. The molecule has 5 heteroatoms. The molecule has 2 aromatic rings. The van der Waals surface area contributed by atoms with Crippen LogP contribution in [-0.4, -0.2) is 11.5 Å². The smallest absolute Gasteiger partial charge is 0.147 e. The summed E-state index contributed by atoms with van der Waals surface area (Å²) >= 11 is 13.0. The number of hydrogen-bond donors (Lipinski definition) is 0. The van der Waals surface area contributed by atoms with Crippen LogP contribution in [0.2, 0.25) is 10.0 Å². The lowest BCUT2D eigenvalue weighted by Gasteiger charge is -2.04. The first-order valence-electron chi connectivity index (χ1n) is 5.88. The summed E-state index contributed by atoms with van der Waals surface area (Å²) in [6.07, 6.45) is 0.291. The van der Waals surface area contributed by atoms with Crippen molar-refractivity contribution in [1.29, 1.82) is 0 Å². The summed E-state index contributed by atoms with van der Waals surface area (Å²) in [6.45, 7) is 0. The van der Waals surface area contributed by atoms with Gasteiger partial charge in [0.2, 0.25) is 0 Å². The number of Topliss-reactive ketones (excluding diaryl/α,β-unsaturated/α-hetero) is 1. The van der Waals surface area contributed by atoms with Crippen molar-refractivity contribution in [1.82, 2.24) is 0 Å². The van der Waals surface area contributed by atoms with E-state index in [9.17, 15) is 9.18 Å². The van der Waals surface area contributed by atoms with Gasteiger partial charge in [-0.25, -0.2) is 4.39 Å². The van der Waals surface area contributed by atoms with Crippen LogP contribution in [0.25, 0.3) is 0 Å². The fraction of sp³-hybridized carbons (Fsp3) is 0.133. The number of thioether (sulfide) groups is 1. The zero-order chi connectivity index (χ0) is 14.5. The fourth-order valence-electron chi connectivity index (χ4n) is 1.65. The average molecular weight is 329 g/mol. The van der Waals surface area contributed by atoms with Gasteiger partial charge in [0, 0.05) is 11.3 Å². The number of carbonyl (C=O) groups excluding carboxylic acids is 1. The SMILES string of the molecule is O=C(CSc1cccc(F)c1)Cc1ccc(Cl)c(Cl)c1. The highest BCUT2D eigenvalue weighted by Gasteiger charge is 2.07. The van der Waals surface area contributed by atoms with Gasteiger partial charge in [-0.05, 0) is 35.9 Å². The summed E-state index contributed by atoms with van der Waals surface area (Å²) < 4.78 is 13.0. The third-order valence-electron chi connectivity index (χ3n) is 2.58. The van der Waals surface area contributed by atoms with Crippen molar-refractivity contribution in [2.45, 2.75) is 11.3 Å². The predicted octanol–water partition coefficient (Wildman–Crippen LogP) is 5.04. The summed E-state index contributed by atoms with van der Waals surface area (Å²) in [7, 11) is 0. The van der Waals surface area contributed by atoms with E-state index in [1.54, 1.807) is 30.3 Å². The summed E-state index contributed by atoms with van der Waals surface area (Å²) in [5.41, 5.74) is 0.823. The van der Waals surface area contributed by atoms with Gasteiger partial charge >= 0.3 is 0 Å². The summed E-state index contributed by atoms with van der Waals surface area (Å²) in [5.74, 6) is 0.0496. The molecule has 0 N–H and O–H groups in total. The van der Waals surface area contributed by atoms with Crippen LogP contribution in [0.15, 0.2) is 47.4 Å². The number of halogens is 3. The van der Waals surface area contributed by atoms with Crippen molar-refractivity contribution in [3.63, 3.8) is 0 Å². The van der Waals surface area contributed by atoms with Gasteiger partial charge in [0.25, 0.3) is 0 Å². The van der Waals surface area contributed by atoms with Crippen molar-refractivity contribution in [3.8, 4) is 0 Å². The molecule has 0 spiro atoms. The first kappa shape index (κ1) is 15.4. The molecule has 0 aliphatic rings. The van der Waals surface area contributed by atoms with E-state index < -0.39 is 0 Å². The Labute approximate surface area is 131 Å². The first-order chi connectivity index (χ1) is 9.54. The van der Waals surface area contributed by atoms with E-state index in [-0.39, 0.29) is 11.6 Å². The lowest BCUT2D eigenvalue weighted by molar-refractivity contribution is -0.116. The summed E-state index contributed by atoms with van der Waals surface area (Å²) in [4.78, 5) is 12.6. The molecule has 0 saturated heterocycles. The zero-order valence-electron chi connectivity index (χ0n) is 10.4. The molecule has 0 amide bonds. The Bertz CT molecular complexity index is 631. The molecule has 2 rings (SSSR count). The Morgan fingerprint density at radius 3 is 2.60 bits per heavy atom. The van der Waals surface area contributed by atoms with E-state index in [0.29, 0.717) is 22.2 Å². The molecule has 0 unspecified atom stereocenters. The van der Waals surface area contributed by atoms with Gasteiger partial charge in [-0.15, -0.1) is 11.8 Å². The topological polar surface area (TPSA) is 17.1 Å². The number of benzene rings is 2.